The molecule has 5 nitrogen and oxygen atoms in total. The standard InChI is InChI=1S/C16H27N3O2/c1-11(2)10-21-7-6-18-15(20)12-8-13(16(3,4)5)19-14(17)9-12/h8-9,11H,6-7,10H2,1-5H3,(H2,17,19)(H,18,20). The van der Waals surface area contributed by atoms with Gasteiger partial charge in [-0.25, -0.2) is 4.98 Å². The Hall–Kier alpha value is -1.62. The lowest BCUT2D eigenvalue weighted by Crippen LogP contribution is -2.28. The average Bonchev–Trinajstić information content (AvgIpc) is 2.36. The van der Waals surface area contributed by atoms with Crippen molar-refractivity contribution in [3.8, 4) is 0 Å². The number of ether oxygens (including phenoxy) is 1. The van der Waals surface area contributed by atoms with Crippen LogP contribution in [-0.4, -0.2) is 30.6 Å². The van der Waals surface area contributed by atoms with Gasteiger partial charge in [-0.2, -0.15) is 0 Å². The molecule has 1 rings (SSSR count). The van der Waals surface area contributed by atoms with E-state index < -0.39 is 0 Å². The maximum atomic E-state index is 12.1. The number of carbonyl (C=O) groups is 1. The highest BCUT2D eigenvalue weighted by Crippen LogP contribution is 2.22. The number of carbonyl (C=O) groups excluding carboxylic acids is 1. The molecule has 0 radical (unpaired) electrons. The van der Waals surface area contributed by atoms with Gasteiger partial charge in [-0.05, 0) is 18.1 Å². The van der Waals surface area contributed by atoms with Crippen LogP contribution in [0.5, 0.6) is 0 Å². The Labute approximate surface area is 127 Å². The molecular weight excluding hydrogens is 266 g/mol. The number of hydrogen-bond acceptors (Lipinski definition) is 4. The monoisotopic (exact) mass is 293 g/mol. The van der Waals surface area contributed by atoms with Crippen LogP contribution in [0.25, 0.3) is 0 Å². The van der Waals surface area contributed by atoms with Crippen LogP contribution in [0.4, 0.5) is 5.82 Å². The fourth-order valence-electron chi connectivity index (χ4n) is 1.73. The van der Waals surface area contributed by atoms with Crippen LogP contribution in [-0.2, 0) is 10.2 Å². The number of amides is 1. The molecule has 0 aliphatic carbocycles. The van der Waals surface area contributed by atoms with E-state index in [2.05, 4.69) is 24.1 Å². The summed E-state index contributed by atoms with van der Waals surface area (Å²) in [5.74, 6) is 0.710. The van der Waals surface area contributed by atoms with Crippen LogP contribution in [0.3, 0.4) is 0 Å². The third-order valence-electron chi connectivity index (χ3n) is 2.86. The van der Waals surface area contributed by atoms with Crippen LogP contribution in [0.1, 0.15) is 50.7 Å². The van der Waals surface area contributed by atoms with Crippen molar-refractivity contribution in [2.45, 2.75) is 40.0 Å². The van der Waals surface area contributed by atoms with Crippen molar-refractivity contribution >= 4 is 11.7 Å². The summed E-state index contributed by atoms with van der Waals surface area (Å²) in [6.45, 7) is 12.0. The summed E-state index contributed by atoms with van der Waals surface area (Å²) in [6.07, 6.45) is 0. The van der Waals surface area contributed by atoms with E-state index in [1.165, 1.54) is 0 Å². The highest BCUT2D eigenvalue weighted by atomic mass is 16.5. The Morgan fingerprint density at radius 3 is 2.62 bits per heavy atom. The topological polar surface area (TPSA) is 77.2 Å². The first-order valence-electron chi connectivity index (χ1n) is 7.34. The van der Waals surface area contributed by atoms with Crippen molar-refractivity contribution in [3.63, 3.8) is 0 Å². The van der Waals surface area contributed by atoms with Crippen LogP contribution >= 0.6 is 0 Å². The molecule has 0 aliphatic heterocycles. The van der Waals surface area contributed by atoms with E-state index in [9.17, 15) is 4.79 Å². The lowest BCUT2D eigenvalue weighted by Gasteiger charge is -2.19. The molecule has 0 spiro atoms. The minimum Gasteiger partial charge on any atom is -0.384 e. The van der Waals surface area contributed by atoms with Crippen molar-refractivity contribution in [1.82, 2.24) is 10.3 Å². The number of rotatable bonds is 6. The molecule has 0 aromatic carbocycles. The Morgan fingerprint density at radius 2 is 2.05 bits per heavy atom. The summed E-state index contributed by atoms with van der Waals surface area (Å²) in [6, 6.07) is 3.39. The molecule has 0 saturated heterocycles. The molecule has 3 N–H and O–H groups in total. The molecule has 0 atom stereocenters. The summed E-state index contributed by atoms with van der Waals surface area (Å²) in [4.78, 5) is 16.4. The zero-order valence-electron chi connectivity index (χ0n) is 13.7. The van der Waals surface area contributed by atoms with E-state index >= 15 is 0 Å². The van der Waals surface area contributed by atoms with Gasteiger partial charge in [0.15, 0.2) is 0 Å². The minimum atomic E-state index is -0.150. The second kappa shape index (κ2) is 7.41. The zero-order chi connectivity index (χ0) is 16.0. The van der Waals surface area contributed by atoms with Crippen LogP contribution in [0.15, 0.2) is 12.1 Å². The van der Waals surface area contributed by atoms with Gasteiger partial charge in [0.25, 0.3) is 5.91 Å². The molecule has 1 heterocycles. The molecule has 1 amide bonds. The van der Waals surface area contributed by atoms with Crippen LogP contribution in [0.2, 0.25) is 0 Å². The first kappa shape index (κ1) is 17.4. The highest BCUT2D eigenvalue weighted by Gasteiger charge is 2.18. The Balaban J connectivity index is 2.60. The van der Waals surface area contributed by atoms with E-state index in [1.807, 2.05) is 20.8 Å². The second-order valence-electron chi connectivity index (χ2n) is 6.64. The third-order valence-corrected chi connectivity index (χ3v) is 2.86. The number of anilines is 1. The van der Waals surface area contributed by atoms with E-state index in [0.29, 0.717) is 37.1 Å². The van der Waals surface area contributed by atoms with E-state index in [4.69, 9.17) is 10.5 Å². The van der Waals surface area contributed by atoms with Gasteiger partial charge in [0.1, 0.15) is 5.82 Å². The zero-order valence-corrected chi connectivity index (χ0v) is 13.7. The molecule has 1 aromatic heterocycles. The Bertz CT molecular complexity index is 479. The van der Waals surface area contributed by atoms with Gasteiger partial charge in [-0.1, -0.05) is 34.6 Å². The Morgan fingerprint density at radius 1 is 1.38 bits per heavy atom. The molecule has 5 heteroatoms. The van der Waals surface area contributed by atoms with E-state index in [0.717, 1.165) is 5.69 Å². The normalized spacial score (nSPS) is 11.7. The predicted molar refractivity (Wildman–Crippen MR) is 85.3 cm³/mol. The first-order chi connectivity index (χ1) is 9.70. The van der Waals surface area contributed by atoms with Gasteiger partial charge >= 0.3 is 0 Å². The summed E-state index contributed by atoms with van der Waals surface area (Å²) in [5, 5.41) is 2.83. The maximum Gasteiger partial charge on any atom is 0.251 e. The molecule has 0 saturated carbocycles. The summed E-state index contributed by atoms with van der Waals surface area (Å²) < 4.78 is 5.43. The molecule has 0 unspecified atom stereocenters. The van der Waals surface area contributed by atoms with Gasteiger partial charge < -0.3 is 15.8 Å². The SMILES string of the molecule is CC(C)COCCNC(=O)c1cc(N)nc(C(C)(C)C)c1. The number of nitrogens with two attached hydrogens (primary N) is 1. The molecule has 0 aliphatic rings. The predicted octanol–water partition coefficient (Wildman–Crippen LogP) is 2.36. The maximum absolute atomic E-state index is 12.1. The fourth-order valence-corrected chi connectivity index (χ4v) is 1.73. The van der Waals surface area contributed by atoms with Crippen molar-refractivity contribution in [3.05, 3.63) is 23.4 Å². The summed E-state index contributed by atoms with van der Waals surface area (Å²) in [5.41, 5.74) is 6.99. The largest absolute Gasteiger partial charge is 0.384 e. The lowest BCUT2D eigenvalue weighted by atomic mass is 9.90. The van der Waals surface area contributed by atoms with Gasteiger partial charge in [-0.3, -0.25) is 4.79 Å². The quantitative estimate of drug-likeness (QED) is 0.789. The molecular formula is C16H27N3O2. The average molecular weight is 293 g/mol. The van der Waals surface area contributed by atoms with Crippen molar-refractivity contribution < 1.29 is 9.53 Å². The van der Waals surface area contributed by atoms with Crippen LogP contribution in [0, 0.1) is 5.92 Å². The van der Waals surface area contributed by atoms with Gasteiger partial charge in [0, 0.05) is 29.8 Å². The molecule has 118 valence electrons. The summed E-state index contributed by atoms with van der Waals surface area (Å²) in [7, 11) is 0. The fraction of sp³-hybridized carbons (Fsp3) is 0.625. The number of pyridine rings is 1. The minimum absolute atomic E-state index is 0.148. The number of nitrogen functional groups attached to an aromatic ring is 1. The van der Waals surface area contributed by atoms with E-state index in [1.54, 1.807) is 12.1 Å². The number of aromatic nitrogens is 1. The smallest absolute Gasteiger partial charge is 0.251 e. The van der Waals surface area contributed by atoms with Crippen molar-refractivity contribution in [2.24, 2.45) is 5.92 Å². The second-order valence-corrected chi connectivity index (χ2v) is 6.64. The summed E-state index contributed by atoms with van der Waals surface area (Å²) >= 11 is 0. The van der Waals surface area contributed by atoms with Crippen molar-refractivity contribution in [2.75, 3.05) is 25.5 Å². The third kappa shape index (κ3) is 6.12. The van der Waals surface area contributed by atoms with Crippen LogP contribution < -0.4 is 11.1 Å². The Kier molecular flexibility index (Phi) is 6.15. The highest BCUT2D eigenvalue weighted by molar-refractivity contribution is 5.94. The molecule has 1 aromatic rings. The molecule has 0 fully saturated rings. The number of nitrogens with one attached hydrogen (secondary N) is 1. The first-order valence-corrected chi connectivity index (χ1v) is 7.34. The number of hydrogen-bond donors (Lipinski definition) is 2. The van der Waals surface area contributed by atoms with Crippen molar-refractivity contribution in [1.29, 1.82) is 0 Å². The van der Waals surface area contributed by atoms with Gasteiger partial charge in [0.2, 0.25) is 0 Å². The lowest BCUT2D eigenvalue weighted by molar-refractivity contribution is 0.0886. The number of nitrogens with zero attached hydrogens (tertiary/aromatic N) is 1. The molecule has 21 heavy (non-hydrogen) atoms. The van der Waals surface area contributed by atoms with Gasteiger partial charge in [-0.15, -0.1) is 0 Å². The van der Waals surface area contributed by atoms with E-state index in [-0.39, 0.29) is 11.3 Å². The van der Waals surface area contributed by atoms with Gasteiger partial charge in [0.05, 0.1) is 6.61 Å². The molecule has 0 bridgehead atoms.